The van der Waals surface area contributed by atoms with E-state index in [-0.39, 0.29) is 11.6 Å². The van der Waals surface area contributed by atoms with Crippen LogP contribution in [0.2, 0.25) is 0 Å². The average Bonchev–Trinajstić information content (AvgIpc) is 2.31. The maximum absolute atomic E-state index is 13.8. The molecule has 1 aromatic rings. The molecule has 1 N–H and O–H groups in total. The van der Waals surface area contributed by atoms with Crippen molar-refractivity contribution in [2.24, 2.45) is 0 Å². The molecule has 86 valence electrons. The minimum absolute atomic E-state index is 0.103. The zero-order valence-electron chi connectivity index (χ0n) is 9.42. The summed E-state index contributed by atoms with van der Waals surface area (Å²) < 4.78 is 13.8. The molecular formula is C13H16FNO. The van der Waals surface area contributed by atoms with E-state index in [1.807, 2.05) is 0 Å². The van der Waals surface area contributed by atoms with Crippen LogP contribution in [-0.2, 0) is 10.3 Å². The second-order valence-corrected chi connectivity index (χ2v) is 4.27. The highest BCUT2D eigenvalue weighted by Crippen LogP contribution is 2.35. The van der Waals surface area contributed by atoms with E-state index in [1.54, 1.807) is 25.2 Å². The van der Waals surface area contributed by atoms with Crippen LogP contribution < -0.4 is 5.32 Å². The Morgan fingerprint density at radius 3 is 2.69 bits per heavy atom. The number of nitrogens with one attached hydrogen (secondary N) is 1. The Labute approximate surface area is 94.9 Å². The molecule has 1 aromatic carbocycles. The van der Waals surface area contributed by atoms with Crippen LogP contribution in [-0.4, -0.2) is 12.8 Å². The molecule has 0 unspecified atom stereocenters. The van der Waals surface area contributed by atoms with Crippen LogP contribution in [0.15, 0.2) is 24.3 Å². The molecule has 0 saturated heterocycles. The first-order valence-electron chi connectivity index (χ1n) is 5.68. The first kappa shape index (κ1) is 11.3. The molecule has 16 heavy (non-hydrogen) atoms. The van der Waals surface area contributed by atoms with Crippen LogP contribution >= 0.6 is 0 Å². The molecule has 2 rings (SSSR count). The van der Waals surface area contributed by atoms with Gasteiger partial charge in [-0.25, -0.2) is 4.39 Å². The predicted molar refractivity (Wildman–Crippen MR) is 60.6 cm³/mol. The van der Waals surface area contributed by atoms with E-state index in [4.69, 9.17) is 0 Å². The van der Waals surface area contributed by atoms with Crippen molar-refractivity contribution in [3.05, 3.63) is 35.6 Å². The van der Waals surface area contributed by atoms with Crippen LogP contribution in [0.3, 0.4) is 0 Å². The number of benzene rings is 1. The van der Waals surface area contributed by atoms with Crippen molar-refractivity contribution in [2.75, 3.05) is 7.05 Å². The van der Waals surface area contributed by atoms with Gasteiger partial charge in [-0.1, -0.05) is 24.6 Å². The molecule has 2 nitrogen and oxygen atoms in total. The summed E-state index contributed by atoms with van der Waals surface area (Å²) in [5.41, 5.74) is -0.314. The van der Waals surface area contributed by atoms with E-state index in [1.165, 1.54) is 6.07 Å². The van der Waals surface area contributed by atoms with Crippen molar-refractivity contribution in [1.82, 2.24) is 5.32 Å². The first-order chi connectivity index (χ1) is 7.70. The molecule has 1 atom stereocenters. The third-order valence-corrected chi connectivity index (χ3v) is 3.44. The third kappa shape index (κ3) is 1.65. The highest BCUT2D eigenvalue weighted by Gasteiger charge is 2.41. The lowest BCUT2D eigenvalue weighted by Gasteiger charge is -2.36. The first-order valence-corrected chi connectivity index (χ1v) is 5.68. The number of carbonyl (C=O) groups excluding carboxylic acids is 1. The van der Waals surface area contributed by atoms with Gasteiger partial charge in [-0.3, -0.25) is 4.79 Å². The highest BCUT2D eigenvalue weighted by molar-refractivity contribution is 5.90. The number of ketones is 1. The Morgan fingerprint density at radius 2 is 2.06 bits per heavy atom. The van der Waals surface area contributed by atoms with Crippen LogP contribution in [0, 0.1) is 5.82 Å². The largest absolute Gasteiger partial charge is 0.304 e. The summed E-state index contributed by atoms with van der Waals surface area (Å²) in [6, 6.07) is 6.54. The zero-order chi connectivity index (χ0) is 11.6. The summed E-state index contributed by atoms with van der Waals surface area (Å²) in [5, 5.41) is 3.03. The number of Topliss-reactive ketones (excluding diaryl/α,β-unsaturated/α-hetero) is 1. The predicted octanol–water partition coefficient (Wildman–Crippen LogP) is 2.38. The lowest BCUT2D eigenvalue weighted by Crippen LogP contribution is -2.49. The number of hydrogen-bond donors (Lipinski definition) is 1. The molecular weight excluding hydrogens is 205 g/mol. The Morgan fingerprint density at radius 1 is 1.31 bits per heavy atom. The quantitative estimate of drug-likeness (QED) is 0.830. The maximum Gasteiger partial charge on any atom is 0.157 e. The summed E-state index contributed by atoms with van der Waals surface area (Å²) in [6.45, 7) is 0. The van der Waals surface area contributed by atoms with Gasteiger partial charge >= 0.3 is 0 Å². The minimum Gasteiger partial charge on any atom is -0.304 e. The van der Waals surface area contributed by atoms with Gasteiger partial charge in [0, 0.05) is 12.0 Å². The molecule has 0 bridgehead atoms. The van der Waals surface area contributed by atoms with Gasteiger partial charge in [-0.15, -0.1) is 0 Å². The molecule has 1 saturated carbocycles. The van der Waals surface area contributed by atoms with Crippen LogP contribution in [0.4, 0.5) is 4.39 Å². The molecule has 0 radical (unpaired) electrons. The van der Waals surface area contributed by atoms with Crippen molar-refractivity contribution >= 4 is 5.78 Å². The molecule has 3 heteroatoms. The smallest absolute Gasteiger partial charge is 0.157 e. The van der Waals surface area contributed by atoms with E-state index >= 15 is 0 Å². The Kier molecular flexibility index (Phi) is 3.06. The van der Waals surface area contributed by atoms with Crippen LogP contribution in [0.1, 0.15) is 31.2 Å². The maximum atomic E-state index is 13.8. The van der Waals surface area contributed by atoms with Gasteiger partial charge in [0.2, 0.25) is 0 Å². The van der Waals surface area contributed by atoms with Gasteiger partial charge in [0.05, 0.1) is 0 Å². The van der Waals surface area contributed by atoms with Gasteiger partial charge in [0.15, 0.2) is 5.78 Å². The van der Waals surface area contributed by atoms with E-state index in [2.05, 4.69) is 5.32 Å². The molecule has 0 amide bonds. The van der Waals surface area contributed by atoms with Crippen molar-refractivity contribution in [3.8, 4) is 0 Å². The number of hydrogen-bond acceptors (Lipinski definition) is 2. The van der Waals surface area contributed by atoms with Crippen molar-refractivity contribution < 1.29 is 9.18 Å². The van der Waals surface area contributed by atoms with Gasteiger partial charge in [-0.2, -0.15) is 0 Å². The summed E-state index contributed by atoms with van der Waals surface area (Å²) in [5.74, 6) is -0.196. The highest BCUT2D eigenvalue weighted by atomic mass is 19.1. The molecule has 1 aliphatic carbocycles. The van der Waals surface area contributed by atoms with Crippen molar-refractivity contribution in [1.29, 1.82) is 0 Å². The summed E-state index contributed by atoms with van der Waals surface area (Å²) in [4.78, 5) is 12.1. The van der Waals surface area contributed by atoms with Crippen molar-refractivity contribution in [3.63, 3.8) is 0 Å². The number of carbonyl (C=O) groups is 1. The molecule has 0 spiro atoms. The topological polar surface area (TPSA) is 29.1 Å². The van der Waals surface area contributed by atoms with Crippen LogP contribution in [0.25, 0.3) is 0 Å². The van der Waals surface area contributed by atoms with E-state index in [0.717, 1.165) is 12.8 Å². The third-order valence-electron chi connectivity index (χ3n) is 3.44. The fourth-order valence-electron chi connectivity index (χ4n) is 2.52. The molecule has 1 aliphatic rings. The minimum atomic E-state index is -0.802. The Hall–Kier alpha value is -1.22. The second kappa shape index (κ2) is 4.34. The monoisotopic (exact) mass is 221 g/mol. The number of likely N-dealkylation sites (N-methyl/N-ethyl adjacent to an activating group) is 1. The molecule has 0 aliphatic heterocycles. The molecule has 0 heterocycles. The van der Waals surface area contributed by atoms with Gasteiger partial charge in [-0.05, 0) is 26.0 Å². The summed E-state index contributed by atoms with van der Waals surface area (Å²) in [7, 11) is 1.73. The van der Waals surface area contributed by atoms with E-state index in [9.17, 15) is 9.18 Å². The summed E-state index contributed by atoms with van der Waals surface area (Å²) >= 11 is 0. The van der Waals surface area contributed by atoms with Gasteiger partial charge in [0.25, 0.3) is 0 Å². The Balaban J connectivity index is 2.48. The van der Waals surface area contributed by atoms with Gasteiger partial charge < -0.3 is 5.32 Å². The lowest BCUT2D eigenvalue weighted by atomic mass is 9.75. The zero-order valence-corrected chi connectivity index (χ0v) is 9.42. The SMILES string of the molecule is CN[C@@]1(c2ccccc2F)CCCCC1=O. The fourth-order valence-corrected chi connectivity index (χ4v) is 2.52. The van der Waals surface area contributed by atoms with Crippen LogP contribution in [0.5, 0.6) is 0 Å². The second-order valence-electron chi connectivity index (χ2n) is 4.27. The molecule has 0 aromatic heterocycles. The molecule has 1 fully saturated rings. The number of rotatable bonds is 2. The standard InChI is InChI=1S/C13H16FNO/c1-15-13(9-5-4-8-12(13)16)10-6-2-3-7-11(10)14/h2-3,6-7,15H,4-5,8-9H2,1H3/t13-/m1/s1. The van der Waals surface area contributed by atoms with Crippen molar-refractivity contribution in [2.45, 2.75) is 31.2 Å². The lowest BCUT2D eigenvalue weighted by molar-refractivity contribution is -0.127. The average molecular weight is 221 g/mol. The summed E-state index contributed by atoms with van der Waals surface area (Å²) in [6.07, 6.45) is 3.09. The number of halogens is 1. The van der Waals surface area contributed by atoms with E-state index in [0.29, 0.717) is 18.4 Å². The fraction of sp³-hybridized carbons (Fsp3) is 0.462. The normalized spacial score (nSPS) is 25.8. The van der Waals surface area contributed by atoms with E-state index < -0.39 is 5.54 Å². The Bertz CT molecular complexity index is 405. The van der Waals surface area contributed by atoms with Gasteiger partial charge in [0.1, 0.15) is 11.4 Å².